The molecule has 0 bridgehead atoms. The molecule has 0 spiro atoms. The number of hydrogen-bond acceptors (Lipinski definition) is 4. The third kappa shape index (κ3) is 3.62. The van der Waals surface area contributed by atoms with Crippen LogP contribution in [0.25, 0.3) is 66.1 Å². The molecular weight excluding hydrogens is 492 g/mol. The normalized spacial score (nSPS) is 11.6. The van der Waals surface area contributed by atoms with E-state index in [-0.39, 0.29) is 0 Å². The van der Waals surface area contributed by atoms with E-state index in [4.69, 9.17) is 14.6 Å². The Hall–Kier alpha value is -5.48. The van der Waals surface area contributed by atoms with E-state index < -0.39 is 0 Å². The summed E-state index contributed by atoms with van der Waals surface area (Å²) in [6.45, 7) is 0. The van der Waals surface area contributed by atoms with Crippen LogP contribution in [-0.2, 0) is 0 Å². The van der Waals surface area contributed by atoms with Crippen LogP contribution in [0.3, 0.4) is 0 Å². The summed E-state index contributed by atoms with van der Waals surface area (Å²) < 4.78 is 12.7. The number of rotatable bonds is 4. The van der Waals surface area contributed by atoms with Crippen molar-refractivity contribution >= 4 is 60.9 Å². The standard InChI is InChI=1S/C36H24N2O2/c37-24-17-29(22-9-3-1-4-10-22)35-28-16-15-25(21-33(28)39-34(35)18-24)38-26-19-30(23-11-5-2-6-12-23)36-31(20-26)27-13-7-8-14-32(27)40-36/h1-21,38H,37H2. The number of furan rings is 2. The van der Waals surface area contributed by atoms with Gasteiger partial charge in [0.25, 0.3) is 0 Å². The monoisotopic (exact) mass is 516 g/mol. The van der Waals surface area contributed by atoms with Gasteiger partial charge in [-0.1, -0.05) is 78.9 Å². The molecule has 2 heterocycles. The topological polar surface area (TPSA) is 64.3 Å². The highest BCUT2D eigenvalue weighted by Gasteiger charge is 2.16. The lowest BCUT2D eigenvalue weighted by atomic mass is 9.98. The maximum absolute atomic E-state index is 6.35. The van der Waals surface area contributed by atoms with Gasteiger partial charge < -0.3 is 19.9 Å². The quantitative estimate of drug-likeness (QED) is 0.228. The average Bonchev–Trinajstić information content (AvgIpc) is 3.55. The Bertz CT molecular complexity index is 2190. The lowest BCUT2D eigenvalue weighted by Gasteiger charge is -2.10. The van der Waals surface area contributed by atoms with Crippen molar-refractivity contribution in [3.63, 3.8) is 0 Å². The molecule has 8 rings (SSSR count). The number of nitrogen functional groups attached to an aromatic ring is 1. The second-order valence-corrected chi connectivity index (χ2v) is 10.1. The lowest BCUT2D eigenvalue weighted by Crippen LogP contribution is -1.91. The molecule has 0 radical (unpaired) electrons. The summed E-state index contributed by atoms with van der Waals surface area (Å²) in [7, 11) is 0. The summed E-state index contributed by atoms with van der Waals surface area (Å²) in [5.41, 5.74) is 16.5. The summed E-state index contributed by atoms with van der Waals surface area (Å²) >= 11 is 0. The predicted molar refractivity (Wildman–Crippen MR) is 166 cm³/mol. The van der Waals surface area contributed by atoms with Gasteiger partial charge in [-0.25, -0.2) is 0 Å². The molecule has 190 valence electrons. The summed E-state index contributed by atoms with van der Waals surface area (Å²) in [6, 6.07) is 43.3. The van der Waals surface area contributed by atoms with Gasteiger partial charge in [-0.15, -0.1) is 0 Å². The summed E-state index contributed by atoms with van der Waals surface area (Å²) in [5.74, 6) is 0. The van der Waals surface area contributed by atoms with E-state index in [0.717, 1.165) is 77.5 Å². The molecule has 4 nitrogen and oxygen atoms in total. The Morgan fingerprint density at radius 1 is 0.475 bits per heavy atom. The van der Waals surface area contributed by atoms with Crippen molar-refractivity contribution in [2.45, 2.75) is 0 Å². The van der Waals surface area contributed by atoms with Crippen molar-refractivity contribution < 1.29 is 8.83 Å². The Kier molecular flexibility index (Phi) is 4.94. The molecule has 40 heavy (non-hydrogen) atoms. The molecule has 0 fully saturated rings. The predicted octanol–water partition coefficient (Wildman–Crippen LogP) is 10.1. The van der Waals surface area contributed by atoms with E-state index in [2.05, 4.69) is 78.1 Å². The van der Waals surface area contributed by atoms with Crippen molar-refractivity contribution in [3.8, 4) is 22.3 Å². The van der Waals surface area contributed by atoms with Crippen LogP contribution in [0.1, 0.15) is 0 Å². The molecule has 0 saturated heterocycles. The second kappa shape index (κ2) is 8.79. The molecule has 0 unspecified atom stereocenters. The van der Waals surface area contributed by atoms with Crippen molar-refractivity contribution in [1.82, 2.24) is 0 Å². The molecule has 0 saturated carbocycles. The minimum atomic E-state index is 0.679. The Morgan fingerprint density at radius 3 is 2.00 bits per heavy atom. The first-order valence-corrected chi connectivity index (χ1v) is 13.3. The molecule has 0 amide bonds. The third-order valence-corrected chi connectivity index (χ3v) is 7.53. The largest absolute Gasteiger partial charge is 0.456 e. The third-order valence-electron chi connectivity index (χ3n) is 7.53. The molecule has 3 N–H and O–H groups in total. The van der Waals surface area contributed by atoms with Crippen LogP contribution in [0, 0.1) is 0 Å². The van der Waals surface area contributed by atoms with Crippen LogP contribution in [0.4, 0.5) is 17.1 Å². The number of hydrogen-bond donors (Lipinski definition) is 2. The smallest absolute Gasteiger partial charge is 0.143 e. The number of fused-ring (bicyclic) bond motifs is 6. The van der Waals surface area contributed by atoms with E-state index in [1.54, 1.807) is 0 Å². The van der Waals surface area contributed by atoms with Gasteiger partial charge >= 0.3 is 0 Å². The minimum Gasteiger partial charge on any atom is -0.456 e. The van der Waals surface area contributed by atoms with Gasteiger partial charge in [0, 0.05) is 56.3 Å². The fraction of sp³-hybridized carbons (Fsp3) is 0. The van der Waals surface area contributed by atoms with Gasteiger partial charge in [0.15, 0.2) is 0 Å². The highest BCUT2D eigenvalue weighted by Crippen LogP contribution is 2.41. The maximum atomic E-state index is 6.35. The fourth-order valence-corrected chi connectivity index (χ4v) is 5.75. The fourth-order valence-electron chi connectivity index (χ4n) is 5.75. The molecular formula is C36H24N2O2. The first-order valence-electron chi connectivity index (χ1n) is 13.3. The van der Waals surface area contributed by atoms with Crippen LogP contribution in [0.5, 0.6) is 0 Å². The molecule has 6 aromatic carbocycles. The van der Waals surface area contributed by atoms with Gasteiger partial charge in [0.05, 0.1) is 0 Å². The zero-order chi connectivity index (χ0) is 26.6. The van der Waals surface area contributed by atoms with E-state index >= 15 is 0 Å². The zero-order valence-electron chi connectivity index (χ0n) is 21.5. The maximum Gasteiger partial charge on any atom is 0.143 e. The highest BCUT2D eigenvalue weighted by molar-refractivity contribution is 6.14. The Morgan fingerprint density at radius 2 is 1.20 bits per heavy atom. The van der Waals surface area contributed by atoms with Crippen LogP contribution < -0.4 is 11.1 Å². The van der Waals surface area contributed by atoms with Crippen LogP contribution in [0.15, 0.2) is 136 Å². The van der Waals surface area contributed by atoms with E-state index in [9.17, 15) is 0 Å². The molecule has 0 aliphatic heterocycles. The van der Waals surface area contributed by atoms with Crippen LogP contribution >= 0.6 is 0 Å². The van der Waals surface area contributed by atoms with Crippen molar-refractivity contribution in [1.29, 1.82) is 0 Å². The molecule has 8 aromatic rings. The molecule has 2 aromatic heterocycles. The van der Waals surface area contributed by atoms with Crippen molar-refractivity contribution in [3.05, 3.63) is 127 Å². The molecule has 0 aliphatic carbocycles. The second-order valence-electron chi connectivity index (χ2n) is 10.1. The SMILES string of the molecule is Nc1cc(-c2ccccc2)c2c(c1)oc1cc(Nc3cc(-c4ccccc4)c4oc5ccccc5c4c3)ccc12. The van der Waals surface area contributed by atoms with E-state index in [1.807, 2.05) is 54.6 Å². The van der Waals surface area contributed by atoms with Crippen LogP contribution in [-0.4, -0.2) is 0 Å². The van der Waals surface area contributed by atoms with E-state index in [0.29, 0.717) is 5.69 Å². The van der Waals surface area contributed by atoms with E-state index in [1.165, 1.54) is 0 Å². The number of benzene rings is 6. The number of para-hydroxylation sites is 1. The van der Waals surface area contributed by atoms with Gasteiger partial charge in [0.2, 0.25) is 0 Å². The minimum absolute atomic E-state index is 0.679. The van der Waals surface area contributed by atoms with Gasteiger partial charge in [-0.05, 0) is 53.1 Å². The summed E-state index contributed by atoms with van der Waals surface area (Å²) in [5, 5.41) is 7.92. The molecule has 0 atom stereocenters. The first-order chi connectivity index (χ1) is 19.7. The van der Waals surface area contributed by atoms with Gasteiger partial charge in [-0.3, -0.25) is 0 Å². The van der Waals surface area contributed by atoms with Crippen molar-refractivity contribution in [2.24, 2.45) is 0 Å². The molecule has 4 heteroatoms. The number of nitrogens with one attached hydrogen (secondary N) is 1. The number of anilines is 3. The van der Waals surface area contributed by atoms with Gasteiger partial charge in [-0.2, -0.15) is 0 Å². The highest BCUT2D eigenvalue weighted by atomic mass is 16.3. The Balaban J connectivity index is 1.27. The van der Waals surface area contributed by atoms with Crippen molar-refractivity contribution in [2.75, 3.05) is 11.1 Å². The Labute approximate surface area is 230 Å². The summed E-state index contributed by atoms with van der Waals surface area (Å²) in [6.07, 6.45) is 0. The zero-order valence-corrected chi connectivity index (χ0v) is 21.5. The summed E-state index contributed by atoms with van der Waals surface area (Å²) in [4.78, 5) is 0. The van der Waals surface area contributed by atoms with Gasteiger partial charge in [0.1, 0.15) is 22.3 Å². The molecule has 0 aliphatic rings. The average molecular weight is 517 g/mol. The number of nitrogens with two attached hydrogens (primary N) is 1. The van der Waals surface area contributed by atoms with Crippen LogP contribution in [0.2, 0.25) is 0 Å². The first kappa shape index (κ1) is 22.5. The lowest BCUT2D eigenvalue weighted by molar-refractivity contribution is 0.669.